The number of benzene rings is 1. The summed E-state index contributed by atoms with van der Waals surface area (Å²) in [5.74, 6) is -0.208. The van der Waals surface area contributed by atoms with E-state index in [9.17, 15) is 9.59 Å². The predicted molar refractivity (Wildman–Crippen MR) is 75.2 cm³/mol. The van der Waals surface area contributed by atoms with Crippen molar-refractivity contribution < 1.29 is 14.3 Å². The lowest BCUT2D eigenvalue weighted by Gasteiger charge is -2.31. The molecule has 1 aromatic rings. The minimum atomic E-state index is -0.350. The molecule has 0 radical (unpaired) electrons. The van der Waals surface area contributed by atoms with E-state index >= 15 is 0 Å². The Kier molecular flexibility index (Phi) is 4.12. The number of nitrogen functional groups attached to an aromatic ring is 1. The number of rotatable bonds is 3. The molecule has 1 heterocycles. The number of methoxy groups -OCH3 is 1. The van der Waals surface area contributed by atoms with Gasteiger partial charge in [0.1, 0.15) is 5.75 Å². The molecule has 1 aliphatic rings. The van der Waals surface area contributed by atoms with Crippen molar-refractivity contribution in [1.82, 2.24) is 4.90 Å². The second-order valence-corrected chi connectivity index (χ2v) is 4.95. The van der Waals surface area contributed by atoms with Crippen LogP contribution in [0.3, 0.4) is 0 Å². The summed E-state index contributed by atoms with van der Waals surface area (Å²) in [6.07, 6.45) is 1.52. The second-order valence-electron chi connectivity index (χ2n) is 4.95. The lowest BCUT2D eigenvalue weighted by atomic mass is 9.97. The first kappa shape index (κ1) is 14.2. The molecule has 1 saturated heterocycles. The van der Waals surface area contributed by atoms with Gasteiger partial charge in [-0.15, -0.1) is 0 Å². The first-order chi connectivity index (χ1) is 9.52. The van der Waals surface area contributed by atoms with Crippen molar-refractivity contribution in [1.29, 1.82) is 0 Å². The molecule has 0 bridgehead atoms. The minimum Gasteiger partial charge on any atom is -0.495 e. The van der Waals surface area contributed by atoms with Crippen LogP contribution in [0.15, 0.2) is 18.2 Å². The standard InChI is InChI=1S/C14H19N3O3/c1-20-12-5-4-9(7-11(12)15)14(19)17-6-2-3-10(8-17)13(16)18/h4-5,7,10H,2-3,6,8,15H2,1H3,(H2,16,18). The second kappa shape index (κ2) is 5.81. The number of anilines is 1. The number of carbonyl (C=O) groups excluding carboxylic acids is 2. The monoisotopic (exact) mass is 277 g/mol. The van der Waals surface area contributed by atoms with Crippen molar-refractivity contribution in [3.63, 3.8) is 0 Å². The van der Waals surface area contributed by atoms with E-state index < -0.39 is 0 Å². The normalized spacial score (nSPS) is 18.6. The highest BCUT2D eigenvalue weighted by Gasteiger charge is 2.27. The largest absolute Gasteiger partial charge is 0.495 e. The summed E-state index contributed by atoms with van der Waals surface area (Å²) in [6, 6.07) is 4.93. The fourth-order valence-corrected chi connectivity index (χ4v) is 2.44. The number of amides is 2. The maximum atomic E-state index is 12.4. The van der Waals surface area contributed by atoms with Gasteiger partial charge in [-0.2, -0.15) is 0 Å². The number of primary amides is 1. The summed E-state index contributed by atoms with van der Waals surface area (Å²) >= 11 is 0. The maximum absolute atomic E-state index is 12.4. The maximum Gasteiger partial charge on any atom is 0.253 e. The van der Waals surface area contributed by atoms with E-state index in [-0.39, 0.29) is 17.7 Å². The molecule has 1 fully saturated rings. The van der Waals surface area contributed by atoms with Crippen molar-refractivity contribution in [2.24, 2.45) is 11.7 Å². The summed E-state index contributed by atoms with van der Waals surface area (Å²) < 4.78 is 5.06. The third-order valence-electron chi connectivity index (χ3n) is 3.59. The SMILES string of the molecule is COc1ccc(C(=O)N2CCCC(C(N)=O)C2)cc1N. The van der Waals surface area contributed by atoms with Crippen molar-refractivity contribution in [2.75, 3.05) is 25.9 Å². The molecule has 2 amide bonds. The van der Waals surface area contributed by atoms with Crippen LogP contribution in [0.25, 0.3) is 0 Å². The molecule has 1 aliphatic heterocycles. The minimum absolute atomic E-state index is 0.134. The van der Waals surface area contributed by atoms with Crippen LogP contribution in [0.5, 0.6) is 5.75 Å². The van der Waals surface area contributed by atoms with E-state index in [1.807, 2.05) is 0 Å². The summed E-state index contributed by atoms with van der Waals surface area (Å²) in [6.45, 7) is 1.01. The number of piperidine rings is 1. The third-order valence-corrected chi connectivity index (χ3v) is 3.59. The van der Waals surface area contributed by atoms with Gasteiger partial charge in [0.25, 0.3) is 5.91 Å². The summed E-state index contributed by atoms with van der Waals surface area (Å²) in [4.78, 5) is 25.3. The molecule has 1 unspecified atom stereocenters. The van der Waals surface area contributed by atoms with Crippen LogP contribution in [-0.4, -0.2) is 36.9 Å². The Balaban J connectivity index is 2.14. The Morgan fingerprint density at radius 3 is 2.75 bits per heavy atom. The first-order valence-electron chi connectivity index (χ1n) is 6.55. The van der Waals surface area contributed by atoms with Crippen molar-refractivity contribution in [3.05, 3.63) is 23.8 Å². The van der Waals surface area contributed by atoms with E-state index in [1.54, 1.807) is 23.1 Å². The van der Waals surface area contributed by atoms with E-state index in [4.69, 9.17) is 16.2 Å². The van der Waals surface area contributed by atoms with E-state index in [0.29, 0.717) is 30.1 Å². The number of carbonyl (C=O) groups is 2. The highest BCUT2D eigenvalue weighted by molar-refractivity contribution is 5.96. The van der Waals surface area contributed by atoms with Gasteiger partial charge in [-0.05, 0) is 31.0 Å². The quantitative estimate of drug-likeness (QED) is 0.791. The molecule has 0 aromatic heterocycles. The average Bonchev–Trinajstić information content (AvgIpc) is 2.46. The van der Waals surface area contributed by atoms with Gasteiger partial charge in [-0.25, -0.2) is 0 Å². The van der Waals surface area contributed by atoms with E-state index in [0.717, 1.165) is 12.8 Å². The Labute approximate surface area is 117 Å². The van der Waals surface area contributed by atoms with Gasteiger partial charge < -0.3 is 21.1 Å². The van der Waals surface area contributed by atoms with Crippen LogP contribution in [-0.2, 0) is 4.79 Å². The number of hydrogen-bond donors (Lipinski definition) is 2. The van der Waals surface area contributed by atoms with Gasteiger partial charge in [-0.1, -0.05) is 0 Å². The zero-order valence-corrected chi connectivity index (χ0v) is 11.5. The zero-order valence-electron chi connectivity index (χ0n) is 11.5. The van der Waals surface area contributed by atoms with Crippen LogP contribution < -0.4 is 16.2 Å². The van der Waals surface area contributed by atoms with Gasteiger partial charge in [0.2, 0.25) is 5.91 Å². The molecule has 0 spiro atoms. The Morgan fingerprint density at radius 2 is 2.15 bits per heavy atom. The van der Waals surface area contributed by atoms with Crippen molar-refractivity contribution in [2.45, 2.75) is 12.8 Å². The third kappa shape index (κ3) is 2.84. The van der Waals surface area contributed by atoms with Gasteiger partial charge >= 0.3 is 0 Å². The molecule has 1 atom stereocenters. The number of likely N-dealkylation sites (tertiary alicyclic amines) is 1. The summed E-state index contributed by atoms with van der Waals surface area (Å²) in [7, 11) is 1.52. The molecule has 0 aliphatic carbocycles. The Morgan fingerprint density at radius 1 is 1.40 bits per heavy atom. The first-order valence-corrected chi connectivity index (χ1v) is 6.55. The van der Waals surface area contributed by atoms with Crippen LogP contribution in [0.4, 0.5) is 5.69 Å². The molecule has 1 aromatic carbocycles. The molecule has 2 rings (SSSR count). The molecule has 6 nitrogen and oxygen atoms in total. The number of ether oxygens (including phenoxy) is 1. The number of nitrogens with two attached hydrogens (primary N) is 2. The molecule has 6 heteroatoms. The zero-order chi connectivity index (χ0) is 14.7. The molecular weight excluding hydrogens is 258 g/mol. The molecule has 4 N–H and O–H groups in total. The fraction of sp³-hybridized carbons (Fsp3) is 0.429. The molecule has 20 heavy (non-hydrogen) atoms. The molecule has 0 saturated carbocycles. The van der Waals surface area contributed by atoms with Crippen LogP contribution in [0, 0.1) is 5.92 Å². The van der Waals surface area contributed by atoms with Crippen LogP contribution >= 0.6 is 0 Å². The summed E-state index contributed by atoms with van der Waals surface area (Å²) in [5, 5.41) is 0. The molecule has 108 valence electrons. The van der Waals surface area contributed by atoms with Crippen LogP contribution in [0.2, 0.25) is 0 Å². The highest BCUT2D eigenvalue weighted by Crippen LogP contribution is 2.24. The van der Waals surface area contributed by atoms with Crippen molar-refractivity contribution >= 4 is 17.5 Å². The smallest absolute Gasteiger partial charge is 0.253 e. The van der Waals surface area contributed by atoms with Crippen LogP contribution in [0.1, 0.15) is 23.2 Å². The van der Waals surface area contributed by atoms with Crippen molar-refractivity contribution in [3.8, 4) is 5.75 Å². The number of nitrogens with zero attached hydrogens (tertiary/aromatic N) is 1. The van der Waals surface area contributed by atoms with Gasteiger partial charge in [-0.3, -0.25) is 9.59 Å². The lowest BCUT2D eigenvalue weighted by Crippen LogP contribution is -2.44. The molecular formula is C14H19N3O3. The predicted octanol–water partition coefficient (Wildman–Crippen LogP) is 0.615. The Bertz CT molecular complexity index is 530. The highest BCUT2D eigenvalue weighted by atomic mass is 16.5. The van der Waals surface area contributed by atoms with E-state index in [1.165, 1.54) is 7.11 Å². The topological polar surface area (TPSA) is 98.6 Å². The average molecular weight is 277 g/mol. The fourth-order valence-electron chi connectivity index (χ4n) is 2.44. The van der Waals surface area contributed by atoms with Gasteiger partial charge in [0.15, 0.2) is 0 Å². The lowest BCUT2D eigenvalue weighted by molar-refractivity contribution is -0.123. The van der Waals surface area contributed by atoms with Gasteiger partial charge in [0.05, 0.1) is 18.7 Å². The number of hydrogen-bond acceptors (Lipinski definition) is 4. The van der Waals surface area contributed by atoms with Gasteiger partial charge in [0, 0.05) is 18.7 Å². The van der Waals surface area contributed by atoms with E-state index in [2.05, 4.69) is 0 Å². The Hall–Kier alpha value is -2.24. The summed E-state index contributed by atoms with van der Waals surface area (Å²) in [5.41, 5.74) is 12.0.